The first-order valence-corrected chi connectivity index (χ1v) is 10.1. The molecule has 0 bridgehead atoms. The number of aliphatic hydroxyl groups is 1. The largest absolute Gasteiger partial charge is 0.393 e. The number of aliphatic hydroxyl groups excluding tert-OH is 1. The number of sulfonamides is 1. The van der Waals surface area contributed by atoms with Crippen LogP contribution in [0.5, 0.6) is 0 Å². The summed E-state index contributed by atoms with van der Waals surface area (Å²) < 4.78 is 27.3. The zero-order valence-corrected chi connectivity index (χ0v) is 14.4. The number of hydrogen-bond donors (Lipinski definition) is 1. The molecule has 3 atom stereocenters. The summed E-state index contributed by atoms with van der Waals surface area (Å²) in [5, 5.41) is 10.7. The summed E-state index contributed by atoms with van der Waals surface area (Å²) in [6.45, 7) is 0.824. The smallest absolute Gasteiger partial charge is 0.211 e. The SMILES string of the molecule is CS(=O)(=O)N1CC[C@@H]([C@H]2c3ccccc3-c3cncn32)[C@H](O)CC1. The second kappa shape index (κ2) is 5.68. The molecule has 0 spiro atoms. The van der Waals surface area contributed by atoms with Crippen LogP contribution in [0.1, 0.15) is 24.4 Å². The van der Waals surface area contributed by atoms with Gasteiger partial charge in [-0.05, 0) is 18.4 Å². The molecule has 128 valence electrons. The Bertz CT molecular complexity index is 861. The van der Waals surface area contributed by atoms with Gasteiger partial charge in [0.05, 0.1) is 36.6 Å². The third-order valence-electron chi connectivity index (χ3n) is 5.28. The predicted molar refractivity (Wildman–Crippen MR) is 90.9 cm³/mol. The van der Waals surface area contributed by atoms with Gasteiger partial charge in [-0.2, -0.15) is 0 Å². The second-order valence-corrected chi connectivity index (χ2v) is 8.67. The Hall–Kier alpha value is -1.70. The van der Waals surface area contributed by atoms with E-state index >= 15 is 0 Å². The van der Waals surface area contributed by atoms with Crippen LogP contribution in [-0.2, 0) is 10.0 Å². The molecular formula is C17H21N3O3S. The molecule has 2 aliphatic heterocycles. The molecular weight excluding hydrogens is 326 g/mol. The lowest BCUT2D eigenvalue weighted by Gasteiger charge is -2.28. The highest BCUT2D eigenvalue weighted by Gasteiger charge is 2.39. The minimum Gasteiger partial charge on any atom is -0.393 e. The average molecular weight is 347 g/mol. The third-order valence-corrected chi connectivity index (χ3v) is 6.58. The van der Waals surface area contributed by atoms with Gasteiger partial charge in [0.1, 0.15) is 0 Å². The number of aromatic nitrogens is 2. The van der Waals surface area contributed by atoms with Gasteiger partial charge in [-0.3, -0.25) is 0 Å². The summed E-state index contributed by atoms with van der Waals surface area (Å²) in [5.41, 5.74) is 3.40. The number of hydrogen-bond acceptors (Lipinski definition) is 4. The minimum absolute atomic E-state index is 0.00760. The molecule has 2 aliphatic rings. The van der Waals surface area contributed by atoms with Crippen molar-refractivity contribution in [2.75, 3.05) is 19.3 Å². The molecule has 0 aliphatic carbocycles. The van der Waals surface area contributed by atoms with E-state index in [1.807, 2.05) is 24.7 Å². The number of rotatable bonds is 2. The Morgan fingerprint density at radius 2 is 1.96 bits per heavy atom. The Labute approximate surface area is 141 Å². The zero-order valence-electron chi connectivity index (χ0n) is 13.5. The molecule has 1 N–H and O–H groups in total. The van der Waals surface area contributed by atoms with Gasteiger partial charge in [-0.1, -0.05) is 24.3 Å². The number of benzene rings is 1. The molecule has 1 saturated heterocycles. The quantitative estimate of drug-likeness (QED) is 0.893. The summed E-state index contributed by atoms with van der Waals surface area (Å²) >= 11 is 0. The van der Waals surface area contributed by atoms with Crippen molar-refractivity contribution in [3.63, 3.8) is 0 Å². The fourth-order valence-corrected chi connectivity index (χ4v) is 4.97. The highest BCUT2D eigenvalue weighted by Crippen LogP contribution is 2.45. The summed E-state index contributed by atoms with van der Waals surface area (Å²) in [5.74, 6) is -0.0339. The lowest BCUT2D eigenvalue weighted by molar-refractivity contribution is 0.0836. The molecule has 0 saturated carbocycles. The Morgan fingerprint density at radius 3 is 2.75 bits per heavy atom. The second-order valence-electron chi connectivity index (χ2n) is 6.69. The highest BCUT2D eigenvalue weighted by atomic mass is 32.2. The maximum Gasteiger partial charge on any atom is 0.211 e. The first-order chi connectivity index (χ1) is 11.5. The van der Waals surface area contributed by atoms with Gasteiger partial charge in [0.2, 0.25) is 10.0 Å². The van der Waals surface area contributed by atoms with Gasteiger partial charge in [0, 0.05) is 24.6 Å². The molecule has 1 aromatic heterocycles. The molecule has 1 fully saturated rings. The van der Waals surface area contributed by atoms with Gasteiger partial charge in [-0.15, -0.1) is 0 Å². The van der Waals surface area contributed by atoms with Crippen LogP contribution in [0.3, 0.4) is 0 Å². The molecule has 24 heavy (non-hydrogen) atoms. The van der Waals surface area contributed by atoms with E-state index in [0.29, 0.717) is 25.9 Å². The fraction of sp³-hybridized carbons (Fsp3) is 0.471. The fourth-order valence-electron chi connectivity index (χ4n) is 4.10. The van der Waals surface area contributed by atoms with Crippen molar-refractivity contribution in [2.24, 2.45) is 5.92 Å². The maximum atomic E-state index is 11.9. The topological polar surface area (TPSA) is 75.4 Å². The van der Waals surface area contributed by atoms with Crippen LogP contribution in [0.15, 0.2) is 36.8 Å². The van der Waals surface area contributed by atoms with Crippen molar-refractivity contribution < 1.29 is 13.5 Å². The van der Waals surface area contributed by atoms with Crippen LogP contribution in [-0.4, -0.2) is 52.8 Å². The molecule has 6 nitrogen and oxygen atoms in total. The van der Waals surface area contributed by atoms with Crippen LogP contribution in [0.4, 0.5) is 0 Å². The normalized spacial score (nSPS) is 27.5. The van der Waals surface area contributed by atoms with Crippen molar-refractivity contribution in [2.45, 2.75) is 25.0 Å². The van der Waals surface area contributed by atoms with E-state index in [1.165, 1.54) is 16.1 Å². The lowest BCUT2D eigenvalue weighted by Crippen LogP contribution is -2.31. The van der Waals surface area contributed by atoms with Gasteiger partial charge in [-0.25, -0.2) is 17.7 Å². The first-order valence-electron chi connectivity index (χ1n) is 8.21. The molecule has 0 radical (unpaired) electrons. The molecule has 0 unspecified atom stereocenters. The number of fused-ring (bicyclic) bond motifs is 3. The molecule has 4 rings (SSSR count). The molecule has 0 amide bonds. The van der Waals surface area contributed by atoms with Crippen LogP contribution in [0.2, 0.25) is 0 Å². The van der Waals surface area contributed by atoms with Crippen LogP contribution < -0.4 is 0 Å². The van der Waals surface area contributed by atoms with Crippen molar-refractivity contribution in [1.82, 2.24) is 13.9 Å². The van der Waals surface area contributed by atoms with Gasteiger partial charge >= 0.3 is 0 Å². The maximum absolute atomic E-state index is 11.9. The van der Waals surface area contributed by atoms with E-state index in [9.17, 15) is 13.5 Å². The summed E-state index contributed by atoms with van der Waals surface area (Å²) in [6.07, 6.45) is 5.45. The van der Waals surface area contributed by atoms with Crippen molar-refractivity contribution >= 4 is 10.0 Å². The first kappa shape index (κ1) is 15.8. The van der Waals surface area contributed by atoms with Crippen LogP contribution in [0, 0.1) is 5.92 Å². The van der Waals surface area contributed by atoms with Crippen molar-refractivity contribution in [1.29, 1.82) is 0 Å². The molecule has 2 aromatic rings. The van der Waals surface area contributed by atoms with Gasteiger partial charge < -0.3 is 9.67 Å². The summed E-state index contributed by atoms with van der Waals surface area (Å²) in [6, 6.07) is 8.20. The monoisotopic (exact) mass is 347 g/mol. The lowest BCUT2D eigenvalue weighted by atomic mass is 9.85. The van der Waals surface area contributed by atoms with Crippen molar-refractivity contribution in [3.05, 3.63) is 42.4 Å². The van der Waals surface area contributed by atoms with E-state index < -0.39 is 16.1 Å². The Balaban J connectivity index is 1.71. The van der Waals surface area contributed by atoms with E-state index in [2.05, 4.69) is 21.7 Å². The summed E-state index contributed by atoms with van der Waals surface area (Å²) in [4.78, 5) is 4.27. The zero-order chi connectivity index (χ0) is 16.9. The van der Waals surface area contributed by atoms with E-state index in [-0.39, 0.29) is 12.0 Å². The molecule has 7 heteroatoms. The summed E-state index contributed by atoms with van der Waals surface area (Å²) in [7, 11) is -3.23. The van der Waals surface area contributed by atoms with Crippen molar-refractivity contribution in [3.8, 4) is 11.3 Å². The molecule has 1 aromatic carbocycles. The predicted octanol–water partition coefficient (Wildman–Crippen LogP) is 1.49. The Kier molecular flexibility index (Phi) is 3.74. The van der Waals surface area contributed by atoms with E-state index in [1.54, 1.807) is 0 Å². The highest BCUT2D eigenvalue weighted by molar-refractivity contribution is 7.88. The third kappa shape index (κ3) is 2.47. The molecule has 3 heterocycles. The van der Waals surface area contributed by atoms with E-state index in [4.69, 9.17) is 0 Å². The van der Waals surface area contributed by atoms with Crippen LogP contribution in [0.25, 0.3) is 11.3 Å². The minimum atomic E-state index is -3.23. The van der Waals surface area contributed by atoms with E-state index in [0.717, 1.165) is 11.3 Å². The Morgan fingerprint density at radius 1 is 1.21 bits per heavy atom. The van der Waals surface area contributed by atoms with Gasteiger partial charge in [0.15, 0.2) is 0 Å². The standard InChI is InChI=1S/C17H21N3O3S/c1-24(22,23)19-8-6-14(16(21)7-9-19)17-13-5-3-2-4-12(13)15-10-18-11-20(15)17/h2-5,10-11,14,16-17,21H,6-9H2,1H3/t14-,16-,17-/m1/s1. The van der Waals surface area contributed by atoms with Crippen LogP contribution >= 0.6 is 0 Å². The number of imidazole rings is 1. The number of nitrogens with zero attached hydrogens (tertiary/aromatic N) is 3. The average Bonchev–Trinajstić information content (AvgIpc) is 3.05. The van der Waals surface area contributed by atoms with Gasteiger partial charge in [0.25, 0.3) is 0 Å².